The number of esters is 1. The number of hydrogen-bond donors (Lipinski definition) is 1. The molecule has 1 heterocycles. The van der Waals surface area contributed by atoms with Crippen molar-refractivity contribution in [1.82, 2.24) is 4.98 Å². The number of H-pyrrole nitrogens is 1. The molecule has 116 valence electrons. The number of rotatable bonds is 4. The number of ketones is 1. The van der Waals surface area contributed by atoms with Gasteiger partial charge in [-0.15, -0.1) is 0 Å². The summed E-state index contributed by atoms with van der Waals surface area (Å²) in [5, 5.41) is 0.842. The summed E-state index contributed by atoms with van der Waals surface area (Å²) in [6.07, 6.45) is 0. The molecule has 0 unspecified atom stereocenters. The molecule has 0 saturated heterocycles. The molecule has 3 aromatic rings. The number of benzene rings is 2. The van der Waals surface area contributed by atoms with Crippen molar-refractivity contribution >= 4 is 38.6 Å². The molecule has 4 nitrogen and oxygen atoms in total. The number of aryl methyl sites for hydroxylation is 1. The summed E-state index contributed by atoms with van der Waals surface area (Å²) in [5.74, 6) is -0.728. The number of fused-ring (bicyclic) bond motifs is 1. The minimum Gasteiger partial charge on any atom is -0.454 e. The first-order valence-electron chi connectivity index (χ1n) is 7.09. The Hall–Kier alpha value is -2.40. The standard InChI is InChI=1S/C18H14BrNO3/c1-11-17(14-4-2-3-5-15(14)20-11)16(21)10-23-18(22)12-6-8-13(19)9-7-12/h2-9,20H,10H2,1H3. The highest BCUT2D eigenvalue weighted by Gasteiger charge is 2.18. The molecule has 0 bridgehead atoms. The van der Waals surface area contributed by atoms with Gasteiger partial charge in [0, 0.05) is 26.6 Å². The molecule has 0 aliphatic carbocycles. The number of halogens is 1. The zero-order chi connectivity index (χ0) is 16.4. The lowest BCUT2D eigenvalue weighted by atomic mass is 10.1. The second kappa shape index (κ2) is 6.38. The first-order chi connectivity index (χ1) is 11.1. The Balaban J connectivity index is 1.75. The zero-order valence-electron chi connectivity index (χ0n) is 12.4. The Morgan fingerprint density at radius 3 is 2.52 bits per heavy atom. The van der Waals surface area contributed by atoms with Crippen molar-refractivity contribution in [3.63, 3.8) is 0 Å². The van der Waals surface area contributed by atoms with E-state index in [0.717, 1.165) is 21.1 Å². The Labute approximate surface area is 141 Å². The van der Waals surface area contributed by atoms with Crippen LogP contribution in [-0.2, 0) is 4.74 Å². The summed E-state index contributed by atoms with van der Waals surface area (Å²) in [5.41, 5.74) is 2.66. The number of nitrogens with one attached hydrogen (secondary N) is 1. The van der Waals surface area contributed by atoms with Crippen LogP contribution in [0.15, 0.2) is 53.0 Å². The summed E-state index contributed by atoms with van der Waals surface area (Å²) >= 11 is 3.30. The molecule has 3 rings (SSSR count). The average Bonchev–Trinajstić information content (AvgIpc) is 2.88. The number of aromatic amines is 1. The van der Waals surface area contributed by atoms with Gasteiger partial charge in [-0.3, -0.25) is 4.79 Å². The molecular weight excluding hydrogens is 358 g/mol. The van der Waals surface area contributed by atoms with Crippen LogP contribution in [0.2, 0.25) is 0 Å². The molecule has 0 atom stereocenters. The third-order valence-electron chi connectivity index (χ3n) is 3.59. The van der Waals surface area contributed by atoms with Crippen LogP contribution in [0, 0.1) is 6.92 Å². The predicted octanol–water partition coefficient (Wildman–Crippen LogP) is 4.28. The topological polar surface area (TPSA) is 59.2 Å². The molecule has 2 aromatic carbocycles. The van der Waals surface area contributed by atoms with Crippen LogP contribution >= 0.6 is 15.9 Å². The number of carbonyl (C=O) groups is 2. The van der Waals surface area contributed by atoms with Crippen molar-refractivity contribution in [2.75, 3.05) is 6.61 Å². The van der Waals surface area contributed by atoms with Crippen LogP contribution in [-0.4, -0.2) is 23.3 Å². The van der Waals surface area contributed by atoms with Crippen LogP contribution in [0.5, 0.6) is 0 Å². The van der Waals surface area contributed by atoms with E-state index in [1.165, 1.54) is 0 Å². The van der Waals surface area contributed by atoms with Gasteiger partial charge in [-0.2, -0.15) is 0 Å². The third kappa shape index (κ3) is 3.19. The molecule has 0 radical (unpaired) electrons. The molecule has 1 N–H and O–H groups in total. The van der Waals surface area contributed by atoms with Crippen LogP contribution in [0.25, 0.3) is 10.9 Å². The van der Waals surface area contributed by atoms with E-state index in [-0.39, 0.29) is 12.4 Å². The van der Waals surface area contributed by atoms with E-state index in [0.29, 0.717) is 11.1 Å². The first kappa shape index (κ1) is 15.5. The lowest BCUT2D eigenvalue weighted by Gasteiger charge is -2.05. The van der Waals surface area contributed by atoms with Crippen LogP contribution in [0.3, 0.4) is 0 Å². The van der Waals surface area contributed by atoms with Gasteiger partial charge in [-0.05, 0) is 37.3 Å². The molecular formula is C18H14BrNO3. The van der Waals surface area contributed by atoms with Crippen LogP contribution in [0.4, 0.5) is 0 Å². The molecule has 0 amide bonds. The number of para-hydroxylation sites is 1. The van der Waals surface area contributed by atoms with Crippen molar-refractivity contribution in [2.45, 2.75) is 6.92 Å². The molecule has 0 saturated carbocycles. The van der Waals surface area contributed by atoms with E-state index < -0.39 is 5.97 Å². The highest BCUT2D eigenvalue weighted by molar-refractivity contribution is 9.10. The molecule has 0 spiro atoms. The van der Waals surface area contributed by atoms with Crippen molar-refractivity contribution < 1.29 is 14.3 Å². The van der Waals surface area contributed by atoms with E-state index in [1.54, 1.807) is 24.3 Å². The predicted molar refractivity (Wildman–Crippen MR) is 91.8 cm³/mol. The van der Waals surface area contributed by atoms with E-state index in [9.17, 15) is 9.59 Å². The minimum absolute atomic E-state index is 0.217. The highest BCUT2D eigenvalue weighted by Crippen LogP contribution is 2.22. The van der Waals surface area contributed by atoms with Gasteiger partial charge in [0.05, 0.1) is 5.56 Å². The van der Waals surface area contributed by atoms with Gasteiger partial charge in [0.2, 0.25) is 5.78 Å². The zero-order valence-corrected chi connectivity index (χ0v) is 14.0. The fraction of sp³-hybridized carbons (Fsp3) is 0.111. The molecule has 5 heteroatoms. The summed E-state index contributed by atoms with van der Waals surface area (Å²) in [6.45, 7) is 1.56. The van der Waals surface area contributed by atoms with Gasteiger partial charge in [-0.25, -0.2) is 4.79 Å². The Bertz CT molecular complexity index is 881. The van der Waals surface area contributed by atoms with Gasteiger partial charge in [0.25, 0.3) is 0 Å². The van der Waals surface area contributed by atoms with Crippen molar-refractivity contribution in [3.8, 4) is 0 Å². The quantitative estimate of drug-likeness (QED) is 0.549. The third-order valence-corrected chi connectivity index (χ3v) is 4.12. The molecule has 0 aliphatic rings. The Morgan fingerprint density at radius 1 is 1.09 bits per heavy atom. The van der Waals surface area contributed by atoms with E-state index in [1.807, 2.05) is 31.2 Å². The first-order valence-corrected chi connectivity index (χ1v) is 7.89. The van der Waals surface area contributed by atoms with Crippen LogP contribution < -0.4 is 0 Å². The van der Waals surface area contributed by atoms with Gasteiger partial charge in [0.15, 0.2) is 6.61 Å². The lowest BCUT2D eigenvalue weighted by Crippen LogP contribution is -2.14. The maximum Gasteiger partial charge on any atom is 0.338 e. The van der Waals surface area contributed by atoms with Crippen molar-refractivity contribution in [3.05, 3.63) is 69.8 Å². The number of ether oxygens (including phenoxy) is 1. The normalized spacial score (nSPS) is 10.7. The average molecular weight is 372 g/mol. The second-order valence-corrected chi connectivity index (χ2v) is 6.09. The Morgan fingerprint density at radius 2 is 1.78 bits per heavy atom. The summed E-state index contributed by atoms with van der Waals surface area (Å²) in [7, 11) is 0. The number of hydrogen-bond acceptors (Lipinski definition) is 3. The van der Waals surface area contributed by atoms with E-state index in [2.05, 4.69) is 20.9 Å². The van der Waals surface area contributed by atoms with Gasteiger partial charge in [0.1, 0.15) is 0 Å². The maximum absolute atomic E-state index is 12.4. The highest BCUT2D eigenvalue weighted by atomic mass is 79.9. The largest absolute Gasteiger partial charge is 0.454 e. The second-order valence-electron chi connectivity index (χ2n) is 5.18. The van der Waals surface area contributed by atoms with Gasteiger partial charge >= 0.3 is 5.97 Å². The van der Waals surface area contributed by atoms with Crippen molar-refractivity contribution in [2.24, 2.45) is 0 Å². The number of aromatic nitrogens is 1. The summed E-state index contributed by atoms with van der Waals surface area (Å²) in [4.78, 5) is 27.6. The fourth-order valence-corrected chi connectivity index (χ4v) is 2.77. The molecule has 0 fully saturated rings. The van der Waals surface area contributed by atoms with E-state index >= 15 is 0 Å². The van der Waals surface area contributed by atoms with Gasteiger partial charge in [-0.1, -0.05) is 34.1 Å². The minimum atomic E-state index is -0.511. The fourth-order valence-electron chi connectivity index (χ4n) is 2.51. The molecule has 1 aromatic heterocycles. The number of carbonyl (C=O) groups excluding carboxylic acids is 2. The van der Waals surface area contributed by atoms with Crippen LogP contribution in [0.1, 0.15) is 26.4 Å². The Kier molecular flexibility index (Phi) is 4.30. The molecule has 23 heavy (non-hydrogen) atoms. The maximum atomic E-state index is 12.4. The SMILES string of the molecule is Cc1[nH]c2ccccc2c1C(=O)COC(=O)c1ccc(Br)cc1. The van der Waals surface area contributed by atoms with E-state index in [4.69, 9.17) is 4.74 Å². The monoisotopic (exact) mass is 371 g/mol. The smallest absolute Gasteiger partial charge is 0.338 e. The summed E-state index contributed by atoms with van der Waals surface area (Å²) < 4.78 is 6.01. The van der Waals surface area contributed by atoms with Gasteiger partial charge < -0.3 is 9.72 Å². The van der Waals surface area contributed by atoms with Crippen molar-refractivity contribution in [1.29, 1.82) is 0 Å². The summed E-state index contributed by atoms with van der Waals surface area (Å²) in [6, 6.07) is 14.4. The number of Topliss-reactive ketones (excluding diaryl/α,β-unsaturated/α-hetero) is 1. The lowest BCUT2D eigenvalue weighted by molar-refractivity contribution is 0.0475. The molecule has 0 aliphatic heterocycles.